The average molecular weight is 1190 g/mol. The number of quaternary nitrogens is 1. The molecule has 9 nitrogen and oxygen atoms in total. The Hall–Kier alpha value is -1.71. The van der Waals surface area contributed by atoms with Crippen molar-refractivity contribution in [3.8, 4) is 0 Å². The molecule has 9 heteroatoms. The van der Waals surface area contributed by atoms with E-state index in [9.17, 15) is 19.5 Å². The van der Waals surface area contributed by atoms with E-state index in [2.05, 4.69) is 13.8 Å². The number of hydrogen-bond donors (Lipinski definition) is 0. The standard InChI is InChI=1S/C75H147NO8/c1-6-8-10-12-14-16-18-20-22-24-26-28-30-32-34-36-38-40-42-44-46-48-50-52-54-56-58-60-62-64-66-73(78)84-71(70-83-75(74(79)80)81-68-67-76(3,4)5)69-82-72(77)65-63-61-59-57-55-53-51-49-47-45-43-41-39-37-35-33-31-29-27-25-23-21-19-17-15-13-11-9-7-2/h71,75H,6-70H2,1-5H3. The molecule has 0 radical (unpaired) electrons. The van der Waals surface area contributed by atoms with Crippen molar-refractivity contribution in [3.05, 3.63) is 0 Å². The number of carbonyl (C=O) groups excluding carboxylic acids is 3. The summed E-state index contributed by atoms with van der Waals surface area (Å²) >= 11 is 0. The van der Waals surface area contributed by atoms with E-state index < -0.39 is 24.3 Å². The quantitative estimate of drug-likeness (QED) is 0.0256. The lowest BCUT2D eigenvalue weighted by atomic mass is 10.0. The Kier molecular flexibility index (Phi) is 65.9. The van der Waals surface area contributed by atoms with Crippen LogP contribution in [0.2, 0.25) is 0 Å². The highest BCUT2D eigenvalue weighted by atomic mass is 16.7. The minimum atomic E-state index is -1.62. The average Bonchev–Trinajstić information content (AvgIpc) is 3.51. The van der Waals surface area contributed by atoms with Gasteiger partial charge < -0.3 is 33.3 Å². The smallest absolute Gasteiger partial charge is 0.306 e. The molecule has 0 fully saturated rings. The number of nitrogens with zero attached hydrogens (tertiary/aromatic N) is 1. The summed E-state index contributed by atoms with van der Waals surface area (Å²) in [5.74, 6) is -2.24. The Bertz CT molecular complexity index is 1340. The lowest BCUT2D eigenvalue weighted by Crippen LogP contribution is -2.44. The van der Waals surface area contributed by atoms with Crippen molar-refractivity contribution in [2.24, 2.45) is 0 Å². The van der Waals surface area contributed by atoms with Crippen LogP contribution in [0, 0.1) is 0 Å². The molecule has 84 heavy (non-hydrogen) atoms. The summed E-state index contributed by atoms with van der Waals surface area (Å²) in [5.41, 5.74) is 0. The number of esters is 2. The second-order valence-electron chi connectivity index (χ2n) is 27.3. The lowest BCUT2D eigenvalue weighted by molar-refractivity contribution is -0.870. The molecule has 0 saturated carbocycles. The van der Waals surface area contributed by atoms with E-state index in [1.807, 2.05) is 21.1 Å². The van der Waals surface area contributed by atoms with Gasteiger partial charge in [0.2, 0.25) is 0 Å². The highest BCUT2D eigenvalue weighted by Gasteiger charge is 2.22. The molecule has 0 aliphatic heterocycles. The predicted octanol–water partition coefficient (Wildman–Crippen LogP) is 22.1. The maximum Gasteiger partial charge on any atom is 0.306 e. The Morgan fingerprint density at radius 2 is 0.536 bits per heavy atom. The molecule has 0 aliphatic carbocycles. The number of hydrogen-bond acceptors (Lipinski definition) is 8. The fourth-order valence-corrected chi connectivity index (χ4v) is 11.8. The Morgan fingerprint density at radius 3 is 0.762 bits per heavy atom. The molecule has 0 rings (SSSR count). The van der Waals surface area contributed by atoms with Crippen LogP contribution >= 0.6 is 0 Å². The van der Waals surface area contributed by atoms with Crippen LogP contribution < -0.4 is 5.11 Å². The SMILES string of the molecule is CCCCCCCCCCCCCCCCCCCCCCCCCCCCCCCCC(=O)OC(COC(=O)CCCCCCCCCCCCCCCCCCCCCCCCCCCCCCC)COC(OCC[N+](C)(C)C)C(=O)[O-]. The Balaban J connectivity index is 4.00. The summed E-state index contributed by atoms with van der Waals surface area (Å²) in [6, 6.07) is 0. The van der Waals surface area contributed by atoms with Crippen LogP contribution in [0.3, 0.4) is 0 Å². The molecule has 2 atom stereocenters. The van der Waals surface area contributed by atoms with Crippen molar-refractivity contribution < 1.29 is 42.9 Å². The summed E-state index contributed by atoms with van der Waals surface area (Å²) in [4.78, 5) is 37.5. The number of carbonyl (C=O) groups is 3. The van der Waals surface area contributed by atoms with E-state index in [1.54, 1.807) is 0 Å². The van der Waals surface area contributed by atoms with Gasteiger partial charge in [-0.15, -0.1) is 0 Å². The van der Waals surface area contributed by atoms with Crippen molar-refractivity contribution in [2.75, 3.05) is 47.5 Å². The van der Waals surface area contributed by atoms with Crippen LogP contribution in [0.5, 0.6) is 0 Å². The van der Waals surface area contributed by atoms with E-state index in [0.29, 0.717) is 17.4 Å². The van der Waals surface area contributed by atoms with Gasteiger partial charge >= 0.3 is 11.9 Å². The van der Waals surface area contributed by atoms with Gasteiger partial charge in [0.15, 0.2) is 12.4 Å². The van der Waals surface area contributed by atoms with E-state index in [4.69, 9.17) is 18.9 Å². The summed E-state index contributed by atoms with van der Waals surface area (Å²) in [6.07, 6.45) is 77.9. The van der Waals surface area contributed by atoms with Gasteiger partial charge in [-0.25, -0.2) is 0 Å². The van der Waals surface area contributed by atoms with Crippen molar-refractivity contribution in [2.45, 2.75) is 418 Å². The number of rotatable bonds is 72. The van der Waals surface area contributed by atoms with Crippen molar-refractivity contribution in [1.82, 2.24) is 0 Å². The van der Waals surface area contributed by atoms with Crippen LogP contribution in [0.4, 0.5) is 0 Å². The number of aliphatic carboxylic acids is 1. The largest absolute Gasteiger partial charge is 0.545 e. The number of ether oxygens (including phenoxy) is 4. The summed E-state index contributed by atoms with van der Waals surface area (Å²) in [6.45, 7) is 4.85. The fourth-order valence-electron chi connectivity index (χ4n) is 11.8. The molecule has 0 saturated heterocycles. The van der Waals surface area contributed by atoms with E-state index in [-0.39, 0.29) is 32.2 Å². The first kappa shape index (κ1) is 82.3. The molecule has 0 aliphatic rings. The van der Waals surface area contributed by atoms with Gasteiger partial charge in [0, 0.05) is 12.8 Å². The first-order valence-corrected chi connectivity index (χ1v) is 37.7. The predicted molar refractivity (Wildman–Crippen MR) is 357 cm³/mol. The number of carboxylic acid groups (broad SMARTS) is 1. The van der Waals surface area contributed by atoms with E-state index in [0.717, 1.165) is 38.5 Å². The van der Waals surface area contributed by atoms with Crippen LogP contribution in [-0.2, 0) is 33.3 Å². The monoisotopic (exact) mass is 1190 g/mol. The van der Waals surface area contributed by atoms with Crippen LogP contribution in [0.15, 0.2) is 0 Å². The Morgan fingerprint density at radius 1 is 0.310 bits per heavy atom. The second kappa shape index (κ2) is 67.2. The summed E-state index contributed by atoms with van der Waals surface area (Å²) < 4.78 is 22.9. The molecular weight excluding hydrogens is 1040 g/mol. The third-order valence-corrected chi connectivity index (χ3v) is 17.6. The highest BCUT2D eigenvalue weighted by molar-refractivity contribution is 5.70. The van der Waals surface area contributed by atoms with Gasteiger partial charge in [-0.2, -0.15) is 0 Å². The van der Waals surface area contributed by atoms with Gasteiger partial charge in [-0.1, -0.05) is 380 Å². The Labute approximate surface area is 523 Å². The lowest BCUT2D eigenvalue weighted by Gasteiger charge is -2.26. The maximum absolute atomic E-state index is 12.9. The first-order valence-electron chi connectivity index (χ1n) is 37.7. The molecule has 2 unspecified atom stereocenters. The molecule has 500 valence electrons. The zero-order valence-electron chi connectivity index (χ0n) is 57.3. The van der Waals surface area contributed by atoms with Gasteiger partial charge in [0.25, 0.3) is 0 Å². The maximum atomic E-state index is 12.9. The minimum Gasteiger partial charge on any atom is -0.545 e. The highest BCUT2D eigenvalue weighted by Crippen LogP contribution is 2.20. The van der Waals surface area contributed by atoms with Gasteiger partial charge in [-0.05, 0) is 12.8 Å². The zero-order chi connectivity index (χ0) is 61.2. The fraction of sp³-hybridized carbons (Fsp3) is 0.960. The van der Waals surface area contributed by atoms with Crippen LogP contribution in [-0.4, -0.2) is 82.3 Å². The van der Waals surface area contributed by atoms with Gasteiger partial charge in [0.1, 0.15) is 13.2 Å². The minimum absolute atomic E-state index is 0.154. The summed E-state index contributed by atoms with van der Waals surface area (Å²) in [5, 5.41) is 11.8. The third kappa shape index (κ3) is 67.8. The molecule has 0 spiro atoms. The number of carboxylic acids is 1. The van der Waals surface area contributed by atoms with Gasteiger partial charge in [0.05, 0.1) is 40.3 Å². The second-order valence-corrected chi connectivity index (χ2v) is 27.3. The van der Waals surface area contributed by atoms with Crippen LogP contribution in [0.1, 0.15) is 406 Å². The van der Waals surface area contributed by atoms with Crippen molar-refractivity contribution >= 4 is 17.9 Å². The van der Waals surface area contributed by atoms with E-state index >= 15 is 0 Å². The van der Waals surface area contributed by atoms with Crippen LogP contribution in [0.25, 0.3) is 0 Å². The zero-order valence-corrected chi connectivity index (χ0v) is 57.3. The molecule has 0 aromatic carbocycles. The van der Waals surface area contributed by atoms with Gasteiger partial charge in [-0.3, -0.25) is 9.59 Å². The normalized spacial score (nSPS) is 12.5. The first-order chi connectivity index (χ1) is 41.1. The molecular formula is C75H147NO8. The molecule has 0 aromatic rings. The topological polar surface area (TPSA) is 111 Å². The summed E-state index contributed by atoms with van der Waals surface area (Å²) in [7, 11) is 5.95. The molecule has 0 aromatic heterocycles. The van der Waals surface area contributed by atoms with Crippen molar-refractivity contribution in [1.29, 1.82) is 0 Å². The van der Waals surface area contributed by atoms with Crippen molar-refractivity contribution in [3.63, 3.8) is 0 Å². The molecule has 0 heterocycles. The third-order valence-electron chi connectivity index (χ3n) is 17.6. The molecule has 0 N–H and O–H groups in total. The van der Waals surface area contributed by atoms with E-state index in [1.165, 1.54) is 340 Å². The number of likely N-dealkylation sites (N-methyl/N-ethyl adjacent to an activating group) is 1. The molecule has 0 bridgehead atoms. The number of unbranched alkanes of at least 4 members (excludes halogenated alkanes) is 57. The molecule has 0 amide bonds.